The van der Waals surface area contributed by atoms with E-state index in [1.807, 2.05) is 0 Å². The monoisotopic (exact) mass is 574 g/mol. The van der Waals surface area contributed by atoms with Gasteiger partial charge in [0, 0.05) is 40.1 Å². The number of fused-ring (bicyclic) bond motifs is 2. The third-order valence-electron chi connectivity index (χ3n) is 6.20. The van der Waals surface area contributed by atoms with Crippen LogP contribution in [-0.2, 0) is 28.5 Å². The fraction of sp³-hybridized carbons (Fsp3) is 0.900. The van der Waals surface area contributed by atoms with Crippen molar-refractivity contribution in [3.05, 3.63) is 0 Å². The van der Waals surface area contributed by atoms with Crippen molar-refractivity contribution < 1.29 is 28.5 Å². The molecule has 0 N–H and O–H groups in total. The van der Waals surface area contributed by atoms with Gasteiger partial charge in [0.05, 0.1) is 37.6 Å². The van der Waals surface area contributed by atoms with Gasteiger partial charge in [0.25, 0.3) is 0 Å². The fourth-order valence-corrected chi connectivity index (χ4v) is 4.38. The van der Waals surface area contributed by atoms with Crippen LogP contribution in [-0.4, -0.2) is 76.9 Å². The predicted octanol–water partition coefficient (Wildman–Crippen LogP) is 2.39. The molecular formula is C20H30O6Pb. The molecule has 0 aromatic heterocycles. The minimum absolute atomic E-state index is 0. The van der Waals surface area contributed by atoms with Crippen molar-refractivity contribution in [3.8, 4) is 0 Å². The molecule has 0 amide bonds. The van der Waals surface area contributed by atoms with Crippen molar-refractivity contribution in [1.82, 2.24) is 0 Å². The second-order valence-electron chi connectivity index (χ2n) is 8.36. The summed E-state index contributed by atoms with van der Waals surface area (Å²) in [6.07, 6.45) is 10.4. The van der Waals surface area contributed by atoms with Crippen molar-refractivity contribution in [2.75, 3.05) is 13.2 Å². The number of esters is 2. The largest absolute Gasteiger partial charge is 0.465 e. The van der Waals surface area contributed by atoms with Crippen LogP contribution in [0.3, 0.4) is 0 Å². The van der Waals surface area contributed by atoms with Crippen molar-refractivity contribution >= 4 is 39.2 Å². The third-order valence-corrected chi connectivity index (χ3v) is 6.20. The smallest absolute Gasteiger partial charge is 0.305 e. The van der Waals surface area contributed by atoms with E-state index in [1.54, 1.807) is 0 Å². The number of hydrogen-bond acceptors (Lipinski definition) is 6. The Morgan fingerprint density at radius 3 is 1.56 bits per heavy atom. The van der Waals surface area contributed by atoms with Crippen molar-refractivity contribution in [2.24, 2.45) is 11.8 Å². The zero-order chi connectivity index (χ0) is 17.9. The van der Waals surface area contributed by atoms with E-state index < -0.39 is 0 Å². The van der Waals surface area contributed by atoms with E-state index in [4.69, 9.17) is 18.9 Å². The van der Waals surface area contributed by atoms with E-state index >= 15 is 0 Å². The van der Waals surface area contributed by atoms with Crippen molar-refractivity contribution in [2.45, 2.75) is 88.6 Å². The number of hydrogen-bond donors (Lipinski definition) is 0. The number of rotatable bonds is 9. The number of ether oxygens (including phenoxy) is 4. The van der Waals surface area contributed by atoms with Gasteiger partial charge in [0.15, 0.2) is 0 Å². The summed E-state index contributed by atoms with van der Waals surface area (Å²) in [5, 5.41) is 0. The normalized spacial score (nSPS) is 35.9. The Hall–Kier alpha value is -0.218. The fourth-order valence-electron chi connectivity index (χ4n) is 4.38. The summed E-state index contributed by atoms with van der Waals surface area (Å²) in [7, 11) is 0. The zero-order valence-corrected chi connectivity index (χ0v) is 19.8. The standard InChI is InChI=1S/C20H30O6.Pb/c21-19(23-11-13-5-7-15-17(9-13)25-15)3-1-2-4-20(22)24-12-14-6-8-16-18(10-14)26-16;/h13-18H,1-12H2;. The molecule has 2 saturated heterocycles. The summed E-state index contributed by atoms with van der Waals surface area (Å²) in [5.41, 5.74) is 0. The minimum Gasteiger partial charge on any atom is -0.465 e. The Labute approximate surface area is 181 Å². The minimum atomic E-state index is -0.154. The first-order valence-corrected chi connectivity index (χ1v) is 10.3. The van der Waals surface area contributed by atoms with E-state index in [1.165, 1.54) is 0 Å². The molecule has 7 heteroatoms. The second-order valence-corrected chi connectivity index (χ2v) is 8.36. The summed E-state index contributed by atoms with van der Waals surface area (Å²) < 4.78 is 21.7. The van der Waals surface area contributed by atoms with E-state index in [0.29, 0.717) is 75.1 Å². The molecule has 0 aromatic rings. The van der Waals surface area contributed by atoms with Crippen LogP contribution in [0, 0.1) is 11.8 Å². The van der Waals surface area contributed by atoms with Crippen LogP contribution < -0.4 is 0 Å². The van der Waals surface area contributed by atoms with Crippen LogP contribution in [0.25, 0.3) is 0 Å². The molecule has 0 aromatic carbocycles. The van der Waals surface area contributed by atoms with Gasteiger partial charge in [-0.05, 0) is 63.2 Å². The molecule has 150 valence electrons. The number of unbranched alkanes of at least 4 members (excludes halogenated alkanes) is 1. The molecule has 6 nitrogen and oxygen atoms in total. The van der Waals surface area contributed by atoms with Gasteiger partial charge >= 0.3 is 11.9 Å². The maximum atomic E-state index is 11.8. The quantitative estimate of drug-likeness (QED) is 0.183. The Morgan fingerprint density at radius 2 is 1.15 bits per heavy atom. The molecule has 0 spiro atoms. The average Bonchev–Trinajstić information content (AvgIpc) is 3.55. The topological polar surface area (TPSA) is 77.7 Å². The SMILES string of the molecule is O=C(CCCCC(=O)OCC1CCC2OC2C1)OCC1CCC2OC2C1.[Pb]. The van der Waals surface area contributed by atoms with Gasteiger partial charge in [-0.25, -0.2) is 0 Å². The first-order chi connectivity index (χ1) is 12.7. The van der Waals surface area contributed by atoms with Gasteiger partial charge in [-0.15, -0.1) is 0 Å². The first kappa shape index (κ1) is 21.5. The van der Waals surface area contributed by atoms with Gasteiger partial charge in [-0.3, -0.25) is 9.59 Å². The van der Waals surface area contributed by atoms with Gasteiger partial charge in [-0.1, -0.05) is 0 Å². The zero-order valence-electron chi connectivity index (χ0n) is 15.9. The average molecular weight is 574 g/mol. The number of carbonyl (C=O) groups is 2. The van der Waals surface area contributed by atoms with Crippen molar-refractivity contribution in [3.63, 3.8) is 0 Å². The van der Waals surface area contributed by atoms with Crippen LogP contribution in [0.15, 0.2) is 0 Å². The summed E-state index contributed by atoms with van der Waals surface area (Å²) in [5.74, 6) is 0.597. The molecule has 2 aliphatic carbocycles. The molecular weight excluding hydrogens is 543 g/mol. The molecule has 2 heterocycles. The predicted molar refractivity (Wildman–Crippen MR) is 98.1 cm³/mol. The maximum absolute atomic E-state index is 11.8. The number of epoxide rings is 2. The molecule has 0 bridgehead atoms. The van der Waals surface area contributed by atoms with Gasteiger partial charge in [-0.2, -0.15) is 0 Å². The van der Waals surface area contributed by atoms with Crippen LogP contribution in [0.4, 0.5) is 0 Å². The van der Waals surface area contributed by atoms with Crippen LogP contribution in [0.1, 0.15) is 64.2 Å². The van der Waals surface area contributed by atoms with Crippen LogP contribution >= 0.6 is 0 Å². The van der Waals surface area contributed by atoms with Gasteiger partial charge in [0.2, 0.25) is 0 Å². The Kier molecular flexibility index (Phi) is 7.96. The van der Waals surface area contributed by atoms with Crippen LogP contribution in [0.5, 0.6) is 0 Å². The van der Waals surface area contributed by atoms with Gasteiger partial charge in [0.1, 0.15) is 0 Å². The summed E-state index contributed by atoms with van der Waals surface area (Å²) in [4.78, 5) is 23.6. The molecule has 2 aliphatic heterocycles. The van der Waals surface area contributed by atoms with Crippen LogP contribution in [0.2, 0.25) is 0 Å². The molecule has 4 aliphatic rings. The van der Waals surface area contributed by atoms with E-state index in [2.05, 4.69) is 0 Å². The Balaban J connectivity index is 0.00000210. The molecule has 4 radical (unpaired) electrons. The molecule has 6 atom stereocenters. The third kappa shape index (κ3) is 6.66. The Morgan fingerprint density at radius 1 is 0.704 bits per heavy atom. The maximum Gasteiger partial charge on any atom is 0.305 e. The second kappa shape index (κ2) is 10.0. The number of carbonyl (C=O) groups excluding carboxylic acids is 2. The molecule has 4 fully saturated rings. The first-order valence-electron chi connectivity index (χ1n) is 10.3. The van der Waals surface area contributed by atoms with E-state index in [-0.39, 0.29) is 39.2 Å². The van der Waals surface area contributed by atoms with Crippen molar-refractivity contribution in [1.29, 1.82) is 0 Å². The van der Waals surface area contributed by atoms with E-state index in [9.17, 15) is 9.59 Å². The summed E-state index contributed by atoms with van der Waals surface area (Å²) in [6, 6.07) is 0. The molecule has 4 rings (SSSR count). The van der Waals surface area contributed by atoms with E-state index in [0.717, 1.165) is 38.5 Å². The summed E-state index contributed by atoms with van der Waals surface area (Å²) in [6.45, 7) is 1.03. The summed E-state index contributed by atoms with van der Waals surface area (Å²) >= 11 is 0. The molecule has 27 heavy (non-hydrogen) atoms. The van der Waals surface area contributed by atoms with Gasteiger partial charge < -0.3 is 18.9 Å². The molecule has 6 unspecified atom stereocenters. The molecule has 2 saturated carbocycles. The Bertz CT molecular complexity index is 481.